The van der Waals surface area contributed by atoms with E-state index in [0.29, 0.717) is 19.8 Å². The van der Waals surface area contributed by atoms with Crippen molar-refractivity contribution < 1.29 is 17.4 Å². The zero-order chi connectivity index (χ0) is 13.9. The summed E-state index contributed by atoms with van der Waals surface area (Å²) in [5, 5.41) is 11.3. The third-order valence-electron chi connectivity index (χ3n) is 2.37. The second-order valence-electron chi connectivity index (χ2n) is 3.75. The quantitative estimate of drug-likeness (QED) is 0.476. The lowest BCUT2D eigenvalue weighted by atomic mass is 10.6. The summed E-state index contributed by atoms with van der Waals surface area (Å²) < 4.78 is 22.7. The third-order valence-corrected chi connectivity index (χ3v) is 8.99. The zero-order valence-corrected chi connectivity index (χ0v) is 15.4. The number of rotatable bonds is 12. The third kappa shape index (κ3) is 7.76. The molecule has 0 saturated heterocycles. The van der Waals surface area contributed by atoms with Gasteiger partial charge in [0.1, 0.15) is 0 Å². The van der Waals surface area contributed by atoms with Gasteiger partial charge in [-0.1, -0.05) is 0 Å². The van der Waals surface area contributed by atoms with Crippen LogP contribution >= 0.6 is 0 Å². The molecule has 0 aromatic heterocycles. The van der Waals surface area contributed by atoms with Gasteiger partial charge >= 0.3 is 8.80 Å². The van der Waals surface area contributed by atoms with Gasteiger partial charge in [0.25, 0.3) is 0 Å². The van der Waals surface area contributed by atoms with E-state index in [2.05, 4.69) is 0 Å². The highest BCUT2D eigenvalue weighted by Crippen LogP contribution is 2.19. The van der Waals surface area contributed by atoms with Crippen molar-refractivity contribution in [3.63, 3.8) is 0 Å². The first kappa shape index (κ1) is 18.4. The number of hydrogen-bond acceptors (Lipinski definition) is 6. The van der Waals surface area contributed by atoms with Crippen LogP contribution in [-0.2, 0) is 17.4 Å². The molecule has 9 heteroatoms. The van der Waals surface area contributed by atoms with Crippen LogP contribution in [0, 0.1) is 0 Å². The fourth-order valence-electron chi connectivity index (χ4n) is 1.73. The highest BCUT2D eigenvalue weighted by Gasteiger charge is 2.39. The Labute approximate surface area is 116 Å². The van der Waals surface area contributed by atoms with Crippen LogP contribution < -0.4 is 10.8 Å². The molecule has 4 N–H and O–H groups in total. The first-order chi connectivity index (χ1) is 8.64. The second kappa shape index (κ2) is 11.3. The first-order valence-electron chi connectivity index (χ1n) is 6.63. The van der Waals surface area contributed by atoms with Crippen LogP contribution in [0.1, 0.15) is 27.2 Å². The predicted octanol–water partition coefficient (Wildman–Crippen LogP) is -0.422. The highest BCUT2D eigenvalue weighted by atomic mass is 28.4. The smallest absolute Gasteiger partial charge is 0.440 e. The molecule has 1 unspecified atom stereocenters. The van der Waals surface area contributed by atoms with Crippen molar-refractivity contribution >= 4 is 27.9 Å². The zero-order valence-electron chi connectivity index (χ0n) is 11.8. The molecule has 0 heterocycles. The molecule has 0 bridgehead atoms. The van der Waals surface area contributed by atoms with E-state index in [0.717, 1.165) is 18.5 Å². The molecule has 0 aromatic rings. The van der Waals surface area contributed by atoms with Crippen LogP contribution in [0.25, 0.3) is 0 Å². The van der Waals surface area contributed by atoms with Gasteiger partial charge in [-0.25, -0.2) is 0 Å². The Morgan fingerprint density at radius 1 is 1.06 bits per heavy atom. The Balaban J connectivity index is 4.20. The minimum Gasteiger partial charge on any atom is -0.440 e. The summed E-state index contributed by atoms with van der Waals surface area (Å²) in [6.07, 6.45) is 0.925. The van der Waals surface area contributed by atoms with Gasteiger partial charge in [0.15, 0.2) is 0 Å². The largest absolute Gasteiger partial charge is 0.500 e. The predicted molar refractivity (Wildman–Crippen MR) is 80.0 cm³/mol. The van der Waals surface area contributed by atoms with E-state index in [1.54, 1.807) is 0 Å². The van der Waals surface area contributed by atoms with Crippen LogP contribution in [-0.4, -0.2) is 47.8 Å². The molecule has 0 spiro atoms. The summed E-state index contributed by atoms with van der Waals surface area (Å²) in [4.78, 5) is 0. The molecular formula is C9H28N2O4Si3. The number of hydrogen-bond donors (Lipinski definition) is 2. The lowest BCUT2D eigenvalue weighted by Gasteiger charge is -2.28. The Morgan fingerprint density at radius 3 is 1.94 bits per heavy atom. The Bertz CT molecular complexity index is 186. The molecular weight excluding hydrogens is 284 g/mol. The molecule has 0 rings (SSSR count). The van der Waals surface area contributed by atoms with E-state index in [1.807, 2.05) is 20.8 Å². The van der Waals surface area contributed by atoms with Gasteiger partial charge in [0.05, 0.1) is 0 Å². The summed E-state index contributed by atoms with van der Waals surface area (Å²) in [6.45, 7) is 7.72. The Kier molecular flexibility index (Phi) is 11.5. The molecule has 0 radical (unpaired) electrons. The van der Waals surface area contributed by atoms with Crippen LogP contribution in [0.5, 0.6) is 0 Å². The molecule has 6 nitrogen and oxygen atoms in total. The first-order valence-corrected chi connectivity index (χ1v) is 11.9. The van der Waals surface area contributed by atoms with Gasteiger partial charge in [-0.15, -0.1) is 0 Å². The van der Waals surface area contributed by atoms with E-state index in [4.69, 9.17) is 28.2 Å². The summed E-state index contributed by atoms with van der Waals surface area (Å²) in [7, 11) is -4.92. The monoisotopic (exact) mass is 312 g/mol. The maximum absolute atomic E-state index is 5.90. The lowest BCUT2D eigenvalue weighted by molar-refractivity contribution is 0.0711. The van der Waals surface area contributed by atoms with Crippen molar-refractivity contribution in [3.8, 4) is 0 Å². The highest BCUT2D eigenvalue weighted by molar-refractivity contribution is 6.61. The van der Waals surface area contributed by atoms with E-state index in [-0.39, 0.29) is 0 Å². The van der Waals surface area contributed by atoms with Crippen molar-refractivity contribution in [1.29, 1.82) is 0 Å². The van der Waals surface area contributed by atoms with Crippen molar-refractivity contribution in [3.05, 3.63) is 0 Å². The van der Waals surface area contributed by atoms with Crippen molar-refractivity contribution in [2.24, 2.45) is 10.8 Å². The average Bonchev–Trinajstić information content (AvgIpc) is 2.30. The van der Waals surface area contributed by atoms with Crippen molar-refractivity contribution in [2.45, 2.75) is 39.3 Å². The number of nitrogens with two attached hydrogens (primary N) is 2. The molecule has 0 aliphatic rings. The topological polar surface area (TPSA) is 89.0 Å². The summed E-state index contributed by atoms with van der Waals surface area (Å²) >= 11 is 0. The molecule has 0 aromatic carbocycles. The molecule has 18 heavy (non-hydrogen) atoms. The summed E-state index contributed by atoms with van der Waals surface area (Å²) in [5.74, 6) is 0. The minimum absolute atomic E-state index is 0.613. The molecule has 0 aliphatic heterocycles. The van der Waals surface area contributed by atoms with Crippen molar-refractivity contribution in [2.75, 3.05) is 19.8 Å². The Morgan fingerprint density at radius 2 is 1.56 bits per heavy atom. The van der Waals surface area contributed by atoms with E-state index in [9.17, 15) is 0 Å². The molecule has 0 fully saturated rings. The normalized spacial score (nSPS) is 14.5. The molecule has 0 amide bonds. The van der Waals surface area contributed by atoms with E-state index in [1.165, 1.54) is 0 Å². The fraction of sp³-hybridized carbons (Fsp3) is 1.00. The van der Waals surface area contributed by atoms with E-state index >= 15 is 0 Å². The second-order valence-corrected chi connectivity index (χ2v) is 9.80. The van der Waals surface area contributed by atoms with Gasteiger partial charge in [0, 0.05) is 25.9 Å². The fourth-order valence-corrected chi connectivity index (χ4v) is 7.04. The molecule has 1 atom stereocenters. The van der Waals surface area contributed by atoms with Crippen LogP contribution in [0.15, 0.2) is 0 Å². The summed E-state index contributed by atoms with van der Waals surface area (Å²) in [6, 6.07) is 1.70. The molecule has 0 aliphatic carbocycles. The SMILES string of the molecule is CCO[Si](CCC[SiH](N)O[SiH2]N)(OCC)OCC. The van der Waals surface area contributed by atoms with Crippen LogP contribution in [0.2, 0.25) is 12.1 Å². The van der Waals surface area contributed by atoms with Crippen LogP contribution in [0.3, 0.4) is 0 Å². The maximum Gasteiger partial charge on any atom is 0.500 e. The van der Waals surface area contributed by atoms with Gasteiger partial charge in [-0.05, 0) is 33.2 Å². The summed E-state index contributed by atoms with van der Waals surface area (Å²) in [5.41, 5.74) is 0. The van der Waals surface area contributed by atoms with Gasteiger partial charge in [0.2, 0.25) is 19.1 Å². The molecule has 110 valence electrons. The van der Waals surface area contributed by atoms with Gasteiger partial charge < -0.3 is 28.2 Å². The lowest BCUT2D eigenvalue weighted by Crippen LogP contribution is -2.46. The molecule has 0 saturated carbocycles. The van der Waals surface area contributed by atoms with Crippen LogP contribution in [0.4, 0.5) is 0 Å². The average molecular weight is 313 g/mol. The maximum atomic E-state index is 5.90. The van der Waals surface area contributed by atoms with Crippen molar-refractivity contribution in [1.82, 2.24) is 0 Å². The standard InChI is InChI=1S/C9H28N2O4Si3/c1-4-12-18(13-5-2,14-6-3)9-7-8-17(11)15-16-10/h17H,4-11,16H2,1-3H3. The minimum atomic E-state index is -2.49. The van der Waals surface area contributed by atoms with Gasteiger partial charge in [-0.3, -0.25) is 0 Å². The Hall–Kier alpha value is 0.411. The van der Waals surface area contributed by atoms with Gasteiger partial charge in [-0.2, -0.15) is 0 Å². The van der Waals surface area contributed by atoms with E-state index < -0.39 is 27.9 Å².